The number of nitrogens with zero attached hydrogens (tertiary/aromatic N) is 2. The molecule has 0 saturated heterocycles. The van der Waals surface area contributed by atoms with Gasteiger partial charge in [0.25, 0.3) is 5.91 Å². The lowest BCUT2D eigenvalue weighted by Crippen LogP contribution is -2.41. The van der Waals surface area contributed by atoms with Gasteiger partial charge in [-0.3, -0.25) is 9.78 Å². The molecule has 2 rings (SSSR count). The molecule has 0 spiro atoms. The van der Waals surface area contributed by atoms with Crippen LogP contribution in [0.5, 0.6) is 0 Å². The predicted molar refractivity (Wildman–Crippen MR) is 106 cm³/mol. The zero-order valence-corrected chi connectivity index (χ0v) is 15.9. The molecule has 2 aromatic rings. The molecule has 0 unspecified atom stereocenters. The quantitative estimate of drug-likeness (QED) is 0.383. The zero-order valence-electron chi connectivity index (χ0n) is 14.4. The number of hydrogen-bond acceptors (Lipinski definition) is 3. The van der Waals surface area contributed by atoms with E-state index in [0.29, 0.717) is 41.2 Å². The van der Waals surface area contributed by atoms with E-state index in [1.165, 1.54) is 0 Å². The molecule has 0 fully saturated rings. The van der Waals surface area contributed by atoms with Crippen molar-refractivity contribution in [2.24, 2.45) is 4.99 Å². The van der Waals surface area contributed by atoms with E-state index in [1.54, 1.807) is 24.4 Å². The van der Waals surface area contributed by atoms with E-state index in [2.05, 4.69) is 25.9 Å². The fraction of sp³-hybridized carbons (Fsp3) is 0.278. The first-order chi connectivity index (χ1) is 12.6. The van der Waals surface area contributed by atoms with Crippen LogP contribution in [0, 0.1) is 0 Å². The third kappa shape index (κ3) is 6.54. The average Bonchev–Trinajstić information content (AvgIpc) is 2.66. The first-order valence-electron chi connectivity index (χ1n) is 8.25. The van der Waals surface area contributed by atoms with Crippen molar-refractivity contribution >= 4 is 35.1 Å². The molecule has 138 valence electrons. The molecule has 6 nitrogen and oxygen atoms in total. The third-order valence-electron chi connectivity index (χ3n) is 3.35. The molecule has 8 heteroatoms. The van der Waals surface area contributed by atoms with Gasteiger partial charge >= 0.3 is 0 Å². The van der Waals surface area contributed by atoms with E-state index < -0.39 is 0 Å². The van der Waals surface area contributed by atoms with Crippen molar-refractivity contribution in [3.63, 3.8) is 0 Å². The van der Waals surface area contributed by atoms with Crippen LogP contribution in [0.2, 0.25) is 10.0 Å². The van der Waals surface area contributed by atoms with E-state index in [9.17, 15) is 4.79 Å². The molecular weight excluding hydrogens is 373 g/mol. The number of carbonyl (C=O) groups excluding carboxylic acids is 1. The number of pyridine rings is 1. The van der Waals surface area contributed by atoms with E-state index >= 15 is 0 Å². The van der Waals surface area contributed by atoms with Gasteiger partial charge in [0.15, 0.2) is 5.96 Å². The first kappa shape index (κ1) is 20.0. The molecule has 26 heavy (non-hydrogen) atoms. The Labute approximate surface area is 163 Å². The van der Waals surface area contributed by atoms with Gasteiger partial charge in [0.2, 0.25) is 0 Å². The summed E-state index contributed by atoms with van der Waals surface area (Å²) >= 11 is 11.8. The molecule has 1 heterocycles. The second-order valence-corrected chi connectivity index (χ2v) is 6.14. The molecular formula is C18H21Cl2N5O. The normalized spacial score (nSPS) is 11.1. The third-order valence-corrected chi connectivity index (χ3v) is 4.09. The second kappa shape index (κ2) is 10.6. The summed E-state index contributed by atoms with van der Waals surface area (Å²) in [4.78, 5) is 20.8. The van der Waals surface area contributed by atoms with Crippen LogP contribution in [0.4, 0.5) is 0 Å². The van der Waals surface area contributed by atoms with Crippen molar-refractivity contribution < 1.29 is 4.79 Å². The van der Waals surface area contributed by atoms with Crippen LogP contribution in [0.3, 0.4) is 0 Å². The number of hydrogen-bond donors (Lipinski definition) is 3. The number of guanidine groups is 1. The molecule has 0 aliphatic rings. The lowest BCUT2D eigenvalue weighted by atomic mass is 10.2. The minimum Gasteiger partial charge on any atom is -0.357 e. The molecule has 0 radical (unpaired) electrons. The Bertz CT molecular complexity index is 753. The number of benzene rings is 1. The SMILES string of the molecule is CCNC(=NCc1ccccn1)NCCNC(=O)c1ccc(Cl)c(Cl)c1. The van der Waals surface area contributed by atoms with Gasteiger partial charge < -0.3 is 16.0 Å². The Balaban J connectivity index is 1.79. The van der Waals surface area contributed by atoms with Crippen molar-refractivity contribution in [3.8, 4) is 0 Å². The van der Waals surface area contributed by atoms with Crippen molar-refractivity contribution in [3.05, 3.63) is 63.9 Å². The molecule has 0 bridgehead atoms. The number of aromatic nitrogens is 1. The molecule has 1 aromatic heterocycles. The zero-order chi connectivity index (χ0) is 18.8. The van der Waals surface area contributed by atoms with E-state index in [1.807, 2.05) is 25.1 Å². The van der Waals surface area contributed by atoms with Crippen molar-refractivity contribution in [1.29, 1.82) is 0 Å². The largest absolute Gasteiger partial charge is 0.357 e. The maximum absolute atomic E-state index is 12.1. The minimum atomic E-state index is -0.208. The standard InChI is InChI=1S/C18H21Cl2N5O/c1-2-21-18(25-12-14-5-3-4-8-22-14)24-10-9-23-17(26)13-6-7-15(19)16(20)11-13/h3-8,11H,2,9-10,12H2,1H3,(H,23,26)(H2,21,24,25). The molecule has 3 N–H and O–H groups in total. The smallest absolute Gasteiger partial charge is 0.251 e. The van der Waals surface area contributed by atoms with Crippen molar-refractivity contribution in [1.82, 2.24) is 20.9 Å². The first-order valence-corrected chi connectivity index (χ1v) is 9.01. The van der Waals surface area contributed by atoms with Crippen LogP contribution in [0.25, 0.3) is 0 Å². The summed E-state index contributed by atoms with van der Waals surface area (Å²) in [5.41, 5.74) is 1.35. The summed E-state index contributed by atoms with van der Waals surface area (Å²) < 4.78 is 0. The van der Waals surface area contributed by atoms with Gasteiger partial charge in [-0.25, -0.2) is 4.99 Å². The molecule has 0 saturated carbocycles. The second-order valence-electron chi connectivity index (χ2n) is 5.33. The number of halogens is 2. The van der Waals surface area contributed by atoms with Crippen LogP contribution >= 0.6 is 23.2 Å². The predicted octanol–water partition coefficient (Wildman–Crippen LogP) is 2.87. The highest BCUT2D eigenvalue weighted by Crippen LogP contribution is 2.22. The number of rotatable bonds is 7. The van der Waals surface area contributed by atoms with Gasteiger partial charge in [-0.15, -0.1) is 0 Å². The highest BCUT2D eigenvalue weighted by atomic mass is 35.5. The van der Waals surface area contributed by atoms with E-state index in [0.717, 1.165) is 12.2 Å². The molecule has 0 atom stereocenters. The maximum atomic E-state index is 12.1. The lowest BCUT2D eigenvalue weighted by molar-refractivity contribution is 0.0954. The van der Waals surface area contributed by atoms with Gasteiger partial charge in [-0.05, 0) is 37.3 Å². The molecule has 0 aliphatic heterocycles. The Morgan fingerprint density at radius 3 is 2.58 bits per heavy atom. The van der Waals surface area contributed by atoms with E-state index in [4.69, 9.17) is 23.2 Å². The fourth-order valence-corrected chi connectivity index (χ4v) is 2.39. The Morgan fingerprint density at radius 1 is 1.08 bits per heavy atom. The topological polar surface area (TPSA) is 78.4 Å². The molecule has 1 amide bonds. The van der Waals surface area contributed by atoms with Crippen LogP contribution in [-0.4, -0.2) is 36.5 Å². The van der Waals surface area contributed by atoms with Gasteiger partial charge in [-0.1, -0.05) is 29.3 Å². The summed E-state index contributed by atoms with van der Waals surface area (Å²) in [6.45, 7) is 4.17. The average molecular weight is 394 g/mol. The van der Waals surface area contributed by atoms with Crippen LogP contribution in [0.15, 0.2) is 47.6 Å². The van der Waals surface area contributed by atoms with Gasteiger partial charge in [0.1, 0.15) is 0 Å². The molecule has 1 aromatic carbocycles. The van der Waals surface area contributed by atoms with Crippen LogP contribution in [-0.2, 0) is 6.54 Å². The maximum Gasteiger partial charge on any atom is 0.251 e. The van der Waals surface area contributed by atoms with Gasteiger partial charge in [0, 0.05) is 31.4 Å². The highest BCUT2D eigenvalue weighted by Gasteiger charge is 2.07. The Morgan fingerprint density at radius 2 is 1.88 bits per heavy atom. The number of aliphatic imine (C=N–C) groups is 1. The van der Waals surface area contributed by atoms with E-state index in [-0.39, 0.29) is 5.91 Å². The summed E-state index contributed by atoms with van der Waals surface area (Å²) in [6, 6.07) is 10.5. The summed E-state index contributed by atoms with van der Waals surface area (Å²) in [6.07, 6.45) is 1.74. The highest BCUT2D eigenvalue weighted by molar-refractivity contribution is 6.42. The lowest BCUT2D eigenvalue weighted by Gasteiger charge is -2.12. The van der Waals surface area contributed by atoms with Crippen LogP contribution < -0.4 is 16.0 Å². The van der Waals surface area contributed by atoms with Crippen molar-refractivity contribution in [2.45, 2.75) is 13.5 Å². The Kier molecular flexibility index (Phi) is 8.18. The summed E-state index contributed by atoms with van der Waals surface area (Å²) in [5, 5.41) is 9.91. The molecule has 0 aliphatic carbocycles. The summed E-state index contributed by atoms with van der Waals surface area (Å²) in [7, 11) is 0. The summed E-state index contributed by atoms with van der Waals surface area (Å²) in [5.74, 6) is 0.461. The van der Waals surface area contributed by atoms with Crippen LogP contribution in [0.1, 0.15) is 23.0 Å². The Hall–Kier alpha value is -2.31. The number of nitrogens with one attached hydrogen (secondary N) is 3. The van der Waals surface area contributed by atoms with Gasteiger partial charge in [0.05, 0.1) is 22.3 Å². The number of amides is 1. The van der Waals surface area contributed by atoms with Crippen molar-refractivity contribution in [2.75, 3.05) is 19.6 Å². The number of carbonyl (C=O) groups is 1. The van der Waals surface area contributed by atoms with Gasteiger partial charge in [-0.2, -0.15) is 0 Å². The monoisotopic (exact) mass is 393 g/mol. The fourth-order valence-electron chi connectivity index (χ4n) is 2.09. The minimum absolute atomic E-state index is 0.208.